The second kappa shape index (κ2) is 13.1. The lowest BCUT2D eigenvalue weighted by Gasteiger charge is -2.18. The van der Waals surface area contributed by atoms with Crippen LogP contribution in [0.25, 0.3) is 0 Å². The molecule has 0 aliphatic carbocycles. The van der Waals surface area contributed by atoms with Crippen molar-refractivity contribution < 1.29 is 27.4 Å². The highest BCUT2D eigenvalue weighted by atomic mass is 127. The topological polar surface area (TPSA) is 77.0 Å². The minimum atomic E-state index is -4.43. The Bertz CT molecular complexity index is 837. The maximum atomic E-state index is 12.4. The maximum Gasteiger partial charge on any atom is 0.422 e. The average Bonchev–Trinajstić information content (AvgIpc) is 2.72. The van der Waals surface area contributed by atoms with Crippen molar-refractivity contribution in [3.05, 3.63) is 48.2 Å². The summed E-state index contributed by atoms with van der Waals surface area (Å²) in [5.41, 5.74) is 0.477. The molecular weight excluding hydrogens is 528 g/mol. The number of hydrogen-bond donors (Lipinski definition) is 2. The first-order chi connectivity index (χ1) is 14.3. The largest absolute Gasteiger partial charge is 0.497 e. The maximum absolute atomic E-state index is 12.4. The minimum Gasteiger partial charge on any atom is -0.497 e. The van der Waals surface area contributed by atoms with Crippen molar-refractivity contribution in [2.75, 3.05) is 27.3 Å². The number of rotatable bonds is 9. The molecule has 0 fully saturated rings. The Hall–Kier alpha value is -2.44. The lowest BCUT2D eigenvalue weighted by molar-refractivity contribution is -0.154. The van der Waals surface area contributed by atoms with Gasteiger partial charge in [0.15, 0.2) is 12.6 Å². The van der Waals surface area contributed by atoms with Gasteiger partial charge >= 0.3 is 6.18 Å². The molecule has 1 heterocycles. The number of hydrogen-bond acceptors (Lipinski definition) is 5. The molecule has 1 atom stereocenters. The van der Waals surface area contributed by atoms with E-state index in [0.717, 1.165) is 0 Å². The summed E-state index contributed by atoms with van der Waals surface area (Å²) in [4.78, 5) is 7.97. The zero-order valence-electron chi connectivity index (χ0n) is 17.4. The highest BCUT2D eigenvalue weighted by Gasteiger charge is 2.29. The Morgan fingerprint density at radius 3 is 2.58 bits per heavy atom. The van der Waals surface area contributed by atoms with Gasteiger partial charge in [-0.3, -0.25) is 4.99 Å². The van der Waals surface area contributed by atoms with Gasteiger partial charge in [0, 0.05) is 31.4 Å². The van der Waals surface area contributed by atoms with Gasteiger partial charge in [0.25, 0.3) is 0 Å². The normalized spacial score (nSPS) is 12.4. The summed E-state index contributed by atoms with van der Waals surface area (Å²) in [5.74, 6) is 1.76. The van der Waals surface area contributed by atoms with E-state index in [-0.39, 0.29) is 42.5 Å². The quantitative estimate of drug-likeness (QED) is 0.279. The van der Waals surface area contributed by atoms with Gasteiger partial charge in [0.05, 0.1) is 13.7 Å². The zero-order chi connectivity index (χ0) is 22.0. The summed E-state index contributed by atoms with van der Waals surface area (Å²) in [7, 11) is 3.18. The van der Waals surface area contributed by atoms with Crippen LogP contribution in [0.1, 0.15) is 12.5 Å². The number of halogens is 4. The number of methoxy groups -OCH3 is 1. The van der Waals surface area contributed by atoms with E-state index in [1.165, 1.54) is 6.20 Å². The first-order valence-electron chi connectivity index (χ1n) is 9.19. The number of pyridine rings is 1. The number of benzene rings is 1. The van der Waals surface area contributed by atoms with Crippen LogP contribution in [-0.2, 0) is 6.54 Å². The molecule has 1 aromatic carbocycles. The molecule has 0 aliphatic heterocycles. The van der Waals surface area contributed by atoms with E-state index >= 15 is 0 Å². The Morgan fingerprint density at radius 2 is 1.90 bits per heavy atom. The molecule has 172 valence electrons. The van der Waals surface area contributed by atoms with E-state index in [1.54, 1.807) is 32.4 Å². The van der Waals surface area contributed by atoms with Crippen LogP contribution in [0.2, 0.25) is 0 Å². The van der Waals surface area contributed by atoms with Crippen LogP contribution in [0.5, 0.6) is 17.4 Å². The van der Waals surface area contributed by atoms with Gasteiger partial charge in [-0.25, -0.2) is 4.98 Å². The summed E-state index contributed by atoms with van der Waals surface area (Å²) in [6.45, 7) is 1.13. The van der Waals surface area contributed by atoms with Crippen LogP contribution in [-0.4, -0.2) is 50.5 Å². The third-order valence-electron chi connectivity index (χ3n) is 3.83. The standard InChI is InChI=1S/C20H25F3N4O3.HI/c1-14(30-17-8-4-7-16(10-17)28-3)11-26-19(24-2)27-12-15-6-5-9-25-18(15)29-13-20(21,22)23;/h4-10,14H,11-13H2,1-3H3,(H2,24,26,27);1H. The van der Waals surface area contributed by atoms with Crippen LogP contribution in [0.15, 0.2) is 47.6 Å². The van der Waals surface area contributed by atoms with Crippen LogP contribution in [0.4, 0.5) is 13.2 Å². The van der Waals surface area contributed by atoms with Gasteiger partial charge in [0.1, 0.15) is 17.6 Å². The molecule has 7 nitrogen and oxygen atoms in total. The Kier molecular flexibility index (Phi) is 11.2. The molecule has 2 aromatic rings. The molecule has 0 radical (unpaired) electrons. The van der Waals surface area contributed by atoms with Crippen molar-refractivity contribution in [1.29, 1.82) is 0 Å². The number of aromatic nitrogens is 1. The number of guanidine groups is 1. The van der Waals surface area contributed by atoms with E-state index in [2.05, 4.69) is 20.6 Å². The fraction of sp³-hybridized carbons (Fsp3) is 0.400. The van der Waals surface area contributed by atoms with Gasteiger partial charge in [-0.15, -0.1) is 24.0 Å². The Balaban J connectivity index is 0.00000480. The van der Waals surface area contributed by atoms with Crippen molar-refractivity contribution in [3.63, 3.8) is 0 Å². The SMILES string of the molecule is CN=C(NCc1cccnc1OCC(F)(F)F)NCC(C)Oc1cccc(OC)c1.I. The molecule has 2 N–H and O–H groups in total. The van der Waals surface area contributed by atoms with E-state index in [0.29, 0.717) is 29.6 Å². The van der Waals surface area contributed by atoms with Crippen LogP contribution >= 0.6 is 24.0 Å². The summed E-state index contributed by atoms with van der Waals surface area (Å²) < 4.78 is 53.0. The predicted octanol–water partition coefficient (Wildman–Crippen LogP) is 3.78. The van der Waals surface area contributed by atoms with Crippen LogP contribution in [0.3, 0.4) is 0 Å². The molecule has 0 aliphatic rings. The molecule has 1 aromatic heterocycles. The first-order valence-corrected chi connectivity index (χ1v) is 9.19. The average molecular weight is 554 g/mol. The van der Waals surface area contributed by atoms with Crippen molar-refractivity contribution >= 4 is 29.9 Å². The lowest BCUT2D eigenvalue weighted by atomic mass is 10.2. The molecule has 0 saturated carbocycles. The number of ether oxygens (including phenoxy) is 3. The lowest BCUT2D eigenvalue weighted by Crippen LogP contribution is -2.41. The van der Waals surface area contributed by atoms with Crippen molar-refractivity contribution in [2.24, 2.45) is 4.99 Å². The van der Waals surface area contributed by atoms with E-state index < -0.39 is 12.8 Å². The highest BCUT2D eigenvalue weighted by molar-refractivity contribution is 14.0. The Labute approximate surface area is 196 Å². The van der Waals surface area contributed by atoms with Gasteiger partial charge in [0.2, 0.25) is 5.88 Å². The second-order valence-electron chi connectivity index (χ2n) is 6.29. The van der Waals surface area contributed by atoms with Crippen LogP contribution in [0, 0.1) is 0 Å². The molecule has 11 heteroatoms. The number of alkyl halides is 3. The molecular formula is C20H26F3IN4O3. The number of aliphatic imine (C=N–C) groups is 1. The smallest absolute Gasteiger partial charge is 0.422 e. The molecule has 0 spiro atoms. The third-order valence-corrected chi connectivity index (χ3v) is 3.83. The molecule has 1 unspecified atom stereocenters. The monoisotopic (exact) mass is 554 g/mol. The van der Waals surface area contributed by atoms with Gasteiger partial charge in [-0.05, 0) is 25.1 Å². The molecule has 2 rings (SSSR count). The second-order valence-corrected chi connectivity index (χ2v) is 6.29. The van der Waals surface area contributed by atoms with Gasteiger partial charge < -0.3 is 24.8 Å². The molecule has 0 saturated heterocycles. The zero-order valence-corrected chi connectivity index (χ0v) is 19.7. The van der Waals surface area contributed by atoms with Gasteiger partial charge in [-0.2, -0.15) is 13.2 Å². The Morgan fingerprint density at radius 1 is 1.16 bits per heavy atom. The van der Waals surface area contributed by atoms with E-state index in [4.69, 9.17) is 14.2 Å². The van der Waals surface area contributed by atoms with E-state index in [9.17, 15) is 13.2 Å². The van der Waals surface area contributed by atoms with Crippen LogP contribution < -0.4 is 24.8 Å². The number of nitrogens with one attached hydrogen (secondary N) is 2. The molecule has 31 heavy (non-hydrogen) atoms. The van der Waals surface area contributed by atoms with Crippen molar-refractivity contribution in [3.8, 4) is 17.4 Å². The number of nitrogens with zero attached hydrogens (tertiary/aromatic N) is 2. The molecule has 0 amide bonds. The van der Waals surface area contributed by atoms with Crippen molar-refractivity contribution in [1.82, 2.24) is 15.6 Å². The minimum absolute atomic E-state index is 0. The molecule has 0 bridgehead atoms. The first kappa shape index (κ1) is 26.6. The predicted molar refractivity (Wildman–Crippen MR) is 122 cm³/mol. The van der Waals surface area contributed by atoms with Crippen molar-refractivity contribution in [2.45, 2.75) is 25.7 Å². The third kappa shape index (κ3) is 9.94. The van der Waals surface area contributed by atoms with E-state index in [1.807, 2.05) is 25.1 Å². The summed E-state index contributed by atoms with van der Waals surface area (Å²) in [5, 5.41) is 6.13. The fourth-order valence-corrected chi connectivity index (χ4v) is 2.43. The summed E-state index contributed by atoms with van der Waals surface area (Å²) in [6, 6.07) is 10.5. The fourth-order valence-electron chi connectivity index (χ4n) is 2.43. The highest BCUT2D eigenvalue weighted by Crippen LogP contribution is 2.20. The van der Waals surface area contributed by atoms with Gasteiger partial charge in [-0.1, -0.05) is 12.1 Å². The summed E-state index contributed by atoms with van der Waals surface area (Å²) in [6.07, 6.45) is -3.24. The summed E-state index contributed by atoms with van der Waals surface area (Å²) >= 11 is 0.